The van der Waals surface area contributed by atoms with Crippen LogP contribution in [0.4, 0.5) is 0 Å². The van der Waals surface area contributed by atoms with Crippen LogP contribution in [0.1, 0.15) is 97.3 Å². The van der Waals surface area contributed by atoms with Crippen LogP contribution < -0.4 is 0 Å². The SMILES string of the molecule is CCCCCCCCCCC/C=C\C[C@H]1O[C@H]1C[C@@H]1O[C@@H]1CC. The van der Waals surface area contributed by atoms with Gasteiger partial charge in [0.2, 0.25) is 0 Å². The van der Waals surface area contributed by atoms with Gasteiger partial charge in [-0.3, -0.25) is 0 Å². The third-order valence-corrected chi connectivity index (χ3v) is 5.25. The van der Waals surface area contributed by atoms with E-state index in [2.05, 4.69) is 26.0 Å². The number of hydrogen-bond acceptors (Lipinski definition) is 2. The largest absolute Gasteiger partial charge is 0.369 e. The van der Waals surface area contributed by atoms with Crippen LogP contribution in [0.2, 0.25) is 0 Å². The molecule has 2 nitrogen and oxygen atoms in total. The van der Waals surface area contributed by atoms with E-state index in [9.17, 15) is 0 Å². The first kappa shape index (κ1) is 19.0. The first-order valence-corrected chi connectivity index (χ1v) is 10.3. The molecule has 0 aromatic heterocycles. The van der Waals surface area contributed by atoms with Crippen molar-refractivity contribution in [2.24, 2.45) is 0 Å². The molecular formula is C21H38O2. The van der Waals surface area contributed by atoms with E-state index in [1.165, 1.54) is 64.2 Å². The molecule has 2 heterocycles. The van der Waals surface area contributed by atoms with E-state index >= 15 is 0 Å². The molecule has 0 aromatic rings. The molecule has 2 aliphatic rings. The average Bonchev–Trinajstić information content (AvgIpc) is 3.47. The van der Waals surface area contributed by atoms with Crippen LogP contribution in [0.5, 0.6) is 0 Å². The quantitative estimate of drug-likeness (QED) is 0.204. The Kier molecular flexibility index (Phi) is 9.29. The number of rotatable bonds is 15. The number of allylic oxidation sites excluding steroid dienone is 1. The minimum Gasteiger partial charge on any atom is -0.369 e. The summed E-state index contributed by atoms with van der Waals surface area (Å²) in [6.07, 6.45) is 24.0. The smallest absolute Gasteiger partial charge is 0.0877 e. The lowest BCUT2D eigenvalue weighted by molar-refractivity contribution is 0.323. The van der Waals surface area contributed by atoms with E-state index < -0.39 is 0 Å². The van der Waals surface area contributed by atoms with Crippen molar-refractivity contribution in [3.8, 4) is 0 Å². The summed E-state index contributed by atoms with van der Waals surface area (Å²) in [4.78, 5) is 0. The summed E-state index contributed by atoms with van der Waals surface area (Å²) in [6.45, 7) is 4.48. The summed E-state index contributed by atoms with van der Waals surface area (Å²) in [6, 6.07) is 0. The maximum atomic E-state index is 5.73. The second kappa shape index (κ2) is 11.3. The zero-order valence-electron chi connectivity index (χ0n) is 15.5. The molecule has 0 radical (unpaired) electrons. The van der Waals surface area contributed by atoms with Crippen LogP contribution in [0.25, 0.3) is 0 Å². The van der Waals surface area contributed by atoms with E-state index in [4.69, 9.17) is 9.47 Å². The molecule has 134 valence electrons. The van der Waals surface area contributed by atoms with Gasteiger partial charge < -0.3 is 9.47 Å². The summed E-state index contributed by atoms with van der Waals surface area (Å²) in [5.74, 6) is 0. The van der Waals surface area contributed by atoms with Crippen LogP contribution in [0, 0.1) is 0 Å². The Balaban J connectivity index is 1.31. The molecule has 4 atom stereocenters. The zero-order valence-corrected chi connectivity index (χ0v) is 15.5. The molecule has 2 fully saturated rings. The average molecular weight is 323 g/mol. The highest BCUT2D eigenvalue weighted by Crippen LogP contribution is 2.37. The fourth-order valence-electron chi connectivity index (χ4n) is 3.49. The number of epoxide rings is 2. The molecule has 0 N–H and O–H groups in total. The Bertz CT molecular complexity index is 326. The molecule has 23 heavy (non-hydrogen) atoms. The van der Waals surface area contributed by atoms with Crippen molar-refractivity contribution in [2.75, 3.05) is 0 Å². The van der Waals surface area contributed by atoms with E-state index in [-0.39, 0.29) is 0 Å². The molecular weight excluding hydrogens is 284 g/mol. The first-order valence-electron chi connectivity index (χ1n) is 10.3. The summed E-state index contributed by atoms with van der Waals surface area (Å²) < 4.78 is 11.3. The minimum atomic E-state index is 0.480. The maximum Gasteiger partial charge on any atom is 0.0877 e. The molecule has 0 aromatic carbocycles. The number of unbranched alkanes of at least 4 members (excludes halogenated alkanes) is 9. The van der Waals surface area contributed by atoms with Crippen molar-refractivity contribution < 1.29 is 9.47 Å². The lowest BCUT2D eigenvalue weighted by Gasteiger charge is -2.00. The third kappa shape index (κ3) is 8.35. The molecule has 0 bridgehead atoms. The molecule has 2 aliphatic heterocycles. The monoisotopic (exact) mass is 322 g/mol. The molecule has 0 saturated carbocycles. The lowest BCUT2D eigenvalue weighted by Crippen LogP contribution is -2.00. The van der Waals surface area contributed by atoms with Gasteiger partial charge in [-0.1, -0.05) is 77.4 Å². The van der Waals surface area contributed by atoms with E-state index in [0.717, 1.165) is 19.3 Å². The fraction of sp³-hybridized carbons (Fsp3) is 0.905. The first-order chi connectivity index (χ1) is 11.3. The summed E-state index contributed by atoms with van der Waals surface area (Å²) in [5, 5.41) is 0. The van der Waals surface area contributed by atoms with Gasteiger partial charge >= 0.3 is 0 Å². The van der Waals surface area contributed by atoms with Gasteiger partial charge in [-0.15, -0.1) is 0 Å². The highest BCUT2D eigenvalue weighted by Gasteiger charge is 2.46. The topological polar surface area (TPSA) is 25.1 Å². The maximum absolute atomic E-state index is 5.73. The molecule has 2 heteroatoms. The second-order valence-electron chi connectivity index (χ2n) is 7.39. The summed E-state index contributed by atoms with van der Waals surface area (Å²) >= 11 is 0. The van der Waals surface area contributed by atoms with Crippen molar-refractivity contribution in [3.05, 3.63) is 12.2 Å². The highest BCUT2D eigenvalue weighted by atomic mass is 16.6. The standard InChI is InChI=1S/C21H38O2/c1-3-5-6-7-8-9-10-11-12-13-14-15-16-19-21(23-19)17-20-18(4-2)22-20/h14-15,18-21H,3-13,16-17H2,1-2H3/b15-14-/t18-,19-,20+,21+/m1/s1. The van der Waals surface area contributed by atoms with Gasteiger partial charge in [-0.05, 0) is 25.7 Å². The Hall–Kier alpha value is -0.340. The van der Waals surface area contributed by atoms with Gasteiger partial charge in [-0.2, -0.15) is 0 Å². The molecule has 0 spiro atoms. The highest BCUT2D eigenvalue weighted by molar-refractivity contribution is 4.98. The van der Waals surface area contributed by atoms with E-state index in [0.29, 0.717) is 24.4 Å². The Labute approximate surface area is 144 Å². The number of hydrogen-bond donors (Lipinski definition) is 0. The van der Waals surface area contributed by atoms with Crippen LogP contribution in [0.3, 0.4) is 0 Å². The van der Waals surface area contributed by atoms with Gasteiger partial charge in [0, 0.05) is 6.42 Å². The van der Waals surface area contributed by atoms with Crippen molar-refractivity contribution in [1.82, 2.24) is 0 Å². The Morgan fingerprint density at radius 3 is 1.91 bits per heavy atom. The van der Waals surface area contributed by atoms with Gasteiger partial charge in [0.1, 0.15) is 0 Å². The van der Waals surface area contributed by atoms with Crippen molar-refractivity contribution in [2.45, 2.75) is 122 Å². The van der Waals surface area contributed by atoms with Gasteiger partial charge in [-0.25, -0.2) is 0 Å². The van der Waals surface area contributed by atoms with Crippen molar-refractivity contribution in [1.29, 1.82) is 0 Å². The number of ether oxygens (including phenoxy) is 2. The Morgan fingerprint density at radius 2 is 1.26 bits per heavy atom. The summed E-state index contributed by atoms with van der Waals surface area (Å²) in [5.41, 5.74) is 0. The van der Waals surface area contributed by atoms with Gasteiger partial charge in [0.25, 0.3) is 0 Å². The Morgan fingerprint density at radius 1 is 0.652 bits per heavy atom. The molecule has 2 rings (SSSR count). The fourth-order valence-corrected chi connectivity index (χ4v) is 3.49. The van der Waals surface area contributed by atoms with Crippen LogP contribution >= 0.6 is 0 Å². The van der Waals surface area contributed by atoms with Gasteiger partial charge in [0.15, 0.2) is 0 Å². The molecule has 2 saturated heterocycles. The predicted molar refractivity (Wildman–Crippen MR) is 97.8 cm³/mol. The minimum absolute atomic E-state index is 0.480. The van der Waals surface area contributed by atoms with Crippen LogP contribution in [0.15, 0.2) is 12.2 Å². The second-order valence-corrected chi connectivity index (χ2v) is 7.39. The van der Waals surface area contributed by atoms with Crippen molar-refractivity contribution >= 4 is 0 Å². The molecule has 0 amide bonds. The van der Waals surface area contributed by atoms with Crippen LogP contribution in [-0.4, -0.2) is 24.4 Å². The lowest BCUT2D eigenvalue weighted by atomic mass is 10.1. The van der Waals surface area contributed by atoms with Crippen molar-refractivity contribution in [3.63, 3.8) is 0 Å². The zero-order chi connectivity index (χ0) is 16.3. The van der Waals surface area contributed by atoms with E-state index in [1.54, 1.807) is 0 Å². The van der Waals surface area contributed by atoms with Crippen LogP contribution in [-0.2, 0) is 9.47 Å². The third-order valence-electron chi connectivity index (χ3n) is 5.25. The van der Waals surface area contributed by atoms with E-state index in [1.807, 2.05) is 0 Å². The summed E-state index contributed by atoms with van der Waals surface area (Å²) in [7, 11) is 0. The normalized spacial score (nSPS) is 29.3. The predicted octanol–water partition coefficient (Wildman–Crippen LogP) is 6.19. The molecule has 0 unspecified atom stereocenters. The van der Waals surface area contributed by atoms with Gasteiger partial charge in [0.05, 0.1) is 24.4 Å². The molecule has 0 aliphatic carbocycles.